The minimum Gasteiger partial charge on any atom is -0.323 e. The van der Waals surface area contributed by atoms with E-state index in [4.69, 9.17) is 28.9 Å². The van der Waals surface area contributed by atoms with E-state index in [1.165, 1.54) is 0 Å². The third kappa shape index (κ3) is 2.01. The summed E-state index contributed by atoms with van der Waals surface area (Å²) < 4.78 is 0. The monoisotopic (exact) mass is 254 g/mol. The molecule has 0 bridgehead atoms. The second kappa shape index (κ2) is 4.21. The van der Waals surface area contributed by atoms with E-state index in [9.17, 15) is 0 Å². The van der Waals surface area contributed by atoms with E-state index >= 15 is 0 Å². The fourth-order valence-electron chi connectivity index (χ4n) is 1.74. The second-order valence-electron chi connectivity index (χ2n) is 3.93. The van der Waals surface area contributed by atoms with E-state index in [2.05, 4.69) is 4.98 Å². The highest BCUT2D eigenvalue weighted by Crippen LogP contribution is 2.30. The van der Waals surface area contributed by atoms with Gasteiger partial charge < -0.3 is 5.73 Å². The lowest BCUT2D eigenvalue weighted by Gasteiger charge is -2.10. The predicted molar refractivity (Wildman–Crippen MR) is 69.1 cm³/mol. The van der Waals surface area contributed by atoms with Crippen LogP contribution in [0.3, 0.4) is 0 Å². The first kappa shape index (κ1) is 11.6. The Morgan fingerprint density at radius 1 is 1.25 bits per heavy atom. The lowest BCUT2D eigenvalue weighted by Crippen LogP contribution is -2.07. The fourth-order valence-corrected chi connectivity index (χ4v) is 2.37. The Labute approximate surface area is 104 Å². The van der Waals surface area contributed by atoms with E-state index in [0.29, 0.717) is 10.0 Å². The molecule has 0 saturated carbocycles. The maximum absolute atomic E-state index is 6.14. The first-order valence-electron chi connectivity index (χ1n) is 5.01. The topological polar surface area (TPSA) is 38.9 Å². The zero-order valence-electron chi connectivity index (χ0n) is 9.09. The van der Waals surface area contributed by atoms with Crippen molar-refractivity contribution in [1.29, 1.82) is 0 Å². The van der Waals surface area contributed by atoms with Crippen LogP contribution in [-0.2, 0) is 0 Å². The van der Waals surface area contributed by atoms with Gasteiger partial charge in [0.05, 0.1) is 16.2 Å². The quantitative estimate of drug-likeness (QED) is 0.840. The van der Waals surface area contributed by atoms with Gasteiger partial charge in [0.1, 0.15) is 0 Å². The third-order valence-electron chi connectivity index (χ3n) is 2.51. The zero-order valence-corrected chi connectivity index (χ0v) is 10.6. The van der Waals surface area contributed by atoms with Crippen LogP contribution in [0.5, 0.6) is 0 Å². The molecule has 2 N–H and O–H groups in total. The molecule has 0 aliphatic heterocycles. The number of benzene rings is 1. The summed E-state index contributed by atoms with van der Waals surface area (Å²) in [6.45, 7) is 3.90. The fraction of sp³-hybridized carbons (Fsp3) is 0.250. The van der Waals surface area contributed by atoms with Crippen molar-refractivity contribution in [3.05, 3.63) is 39.5 Å². The predicted octanol–water partition coefficient (Wildman–Crippen LogP) is 3.87. The van der Waals surface area contributed by atoms with Crippen LogP contribution in [0.1, 0.15) is 24.2 Å². The van der Waals surface area contributed by atoms with Crippen LogP contribution in [0.4, 0.5) is 0 Å². The minimum atomic E-state index is -0.0964. The third-order valence-corrected chi connectivity index (χ3v) is 3.03. The summed E-state index contributed by atoms with van der Waals surface area (Å²) in [6, 6.07) is 5.40. The Kier molecular flexibility index (Phi) is 3.06. The number of halogens is 2. The summed E-state index contributed by atoms with van der Waals surface area (Å²) in [5.74, 6) is 0. The molecule has 2 rings (SSSR count). The van der Waals surface area contributed by atoms with Crippen LogP contribution in [0.15, 0.2) is 18.2 Å². The molecule has 84 valence electrons. The Morgan fingerprint density at radius 3 is 2.56 bits per heavy atom. The summed E-state index contributed by atoms with van der Waals surface area (Å²) in [5.41, 5.74) is 8.54. The molecule has 1 atom stereocenters. The minimum absolute atomic E-state index is 0.0964. The Hall–Kier alpha value is -0.830. The molecule has 0 fully saturated rings. The number of hydrogen-bond acceptors (Lipinski definition) is 2. The van der Waals surface area contributed by atoms with Crippen LogP contribution >= 0.6 is 23.2 Å². The molecule has 1 aromatic carbocycles. The lowest BCUT2D eigenvalue weighted by molar-refractivity contribution is 0.785. The van der Waals surface area contributed by atoms with E-state index in [0.717, 1.165) is 22.2 Å². The summed E-state index contributed by atoms with van der Waals surface area (Å²) in [6.07, 6.45) is 0. The van der Waals surface area contributed by atoms with Gasteiger partial charge in [0.2, 0.25) is 0 Å². The molecule has 1 aromatic heterocycles. The van der Waals surface area contributed by atoms with Gasteiger partial charge in [0.15, 0.2) is 0 Å². The smallest absolute Gasteiger partial charge is 0.0738 e. The molecule has 2 aromatic rings. The van der Waals surface area contributed by atoms with Crippen LogP contribution in [0.25, 0.3) is 10.9 Å². The molecule has 0 aliphatic rings. The molecule has 2 nitrogen and oxygen atoms in total. The number of rotatable bonds is 1. The van der Waals surface area contributed by atoms with Crippen molar-refractivity contribution in [3.63, 3.8) is 0 Å². The largest absolute Gasteiger partial charge is 0.323 e. The maximum atomic E-state index is 6.14. The number of aromatic nitrogens is 1. The van der Waals surface area contributed by atoms with Gasteiger partial charge in [-0.15, -0.1) is 0 Å². The van der Waals surface area contributed by atoms with Gasteiger partial charge in [-0.2, -0.15) is 0 Å². The first-order valence-corrected chi connectivity index (χ1v) is 5.76. The molecule has 16 heavy (non-hydrogen) atoms. The Morgan fingerprint density at radius 2 is 1.94 bits per heavy atom. The van der Waals surface area contributed by atoms with Gasteiger partial charge in [-0.3, -0.25) is 4.98 Å². The average Bonchev–Trinajstić information content (AvgIpc) is 2.15. The van der Waals surface area contributed by atoms with E-state index in [-0.39, 0.29) is 6.04 Å². The molecular formula is C12H12Cl2N2. The zero-order chi connectivity index (χ0) is 11.9. The SMILES string of the molecule is Cc1cc(C(C)N)nc2cc(Cl)cc(Cl)c12. The molecule has 0 saturated heterocycles. The van der Waals surface area contributed by atoms with Crippen molar-refractivity contribution < 1.29 is 0 Å². The molecule has 4 heteroatoms. The van der Waals surface area contributed by atoms with Gasteiger partial charge in [-0.05, 0) is 37.6 Å². The van der Waals surface area contributed by atoms with Crippen molar-refractivity contribution in [2.75, 3.05) is 0 Å². The molecule has 0 amide bonds. The highest BCUT2D eigenvalue weighted by atomic mass is 35.5. The number of aryl methyl sites for hydroxylation is 1. The van der Waals surface area contributed by atoms with Gasteiger partial charge in [-0.25, -0.2) is 0 Å². The van der Waals surface area contributed by atoms with E-state index < -0.39 is 0 Å². The number of nitrogens with zero attached hydrogens (tertiary/aromatic N) is 1. The van der Waals surface area contributed by atoms with Crippen molar-refractivity contribution >= 4 is 34.1 Å². The maximum Gasteiger partial charge on any atom is 0.0738 e. The van der Waals surface area contributed by atoms with Crippen LogP contribution in [0, 0.1) is 6.92 Å². The van der Waals surface area contributed by atoms with Crippen molar-refractivity contribution in [2.24, 2.45) is 5.73 Å². The van der Waals surface area contributed by atoms with Crippen LogP contribution in [-0.4, -0.2) is 4.98 Å². The lowest BCUT2D eigenvalue weighted by atomic mass is 10.1. The molecule has 1 unspecified atom stereocenters. The van der Waals surface area contributed by atoms with E-state index in [1.54, 1.807) is 6.07 Å². The Balaban J connectivity index is 2.81. The molecule has 1 heterocycles. The highest BCUT2D eigenvalue weighted by molar-refractivity contribution is 6.38. The number of pyridine rings is 1. The number of hydrogen-bond donors (Lipinski definition) is 1. The van der Waals surface area contributed by atoms with Gasteiger partial charge >= 0.3 is 0 Å². The van der Waals surface area contributed by atoms with Crippen molar-refractivity contribution in [1.82, 2.24) is 4.98 Å². The highest BCUT2D eigenvalue weighted by Gasteiger charge is 2.09. The molecule has 0 spiro atoms. The normalized spacial score (nSPS) is 13.1. The van der Waals surface area contributed by atoms with Crippen LogP contribution in [0.2, 0.25) is 10.0 Å². The second-order valence-corrected chi connectivity index (χ2v) is 4.78. The van der Waals surface area contributed by atoms with Crippen molar-refractivity contribution in [2.45, 2.75) is 19.9 Å². The van der Waals surface area contributed by atoms with Gasteiger partial charge in [-0.1, -0.05) is 23.2 Å². The van der Waals surface area contributed by atoms with E-state index in [1.807, 2.05) is 26.0 Å². The molecular weight excluding hydrogens is 243 g/mol. The van der Waals surface area contributed by atoms with Gasteiger partial charge in [0, 0.05) is 16.5 Å². The van der Waals surface area contributed by atoms with Gasteiger partial charge in [0.25, 0.3) is 0 Å². The summed E-state index contributed by atoms with van der Waals surface area (Å²) in [7, 11) is 0. The molecule has 0 radical (unpaired) electrons. The first-order chi connectivity index (χ1) is 7.49. The standard InChI is InChI=1S/C12H12Cl2N2/c1-6-3-10(7(2)15)16-11-5-8(13)4-9(14)12(6)11/h3-5,7H,15H2,1-2H3. The summed E-state index contributed by atoms with van der Waals surface area (Å²) in [5, 5.41) is 2.16. The number of fused-ring (bicyclic) bond motifs is 1. The number of nitrogens with two attached hydrogens (primary N) is 1. The Bertz CT molecular complexity index is 550. The molecule has 0 aliphatic carbocycles. The summed E-state index contributed by atoms with van der Waals surface area (Å²) >= 11 is 12.1. The summed E-state index contributed by atoms with van der Waals surface area (Å²) in [4.78, 5) is 4.46. The van der Waals surface area contributed by atoms with Crippen molar-refractivity contribution in [3.8, 4) is 0 Å². The average molecular weight is 255 g/mol. The van der Waals surface area contributed by atoms with Crippen LogP contribution < -0.4 is 5.73 Å².